The third-order valence-corrected chi connectivity index (χ3v) is 4.53. The van der Waals surface area contributed by atoms with Crippen molar-refractivity contribution < 1.29 is 28.0 Å². The minimum atomic E-state index is -1.84. The van der Waals surface area contributed by atoms with Gasteiger partial charge in [0.05, 0.1) is 0 Å². The number of carbonyl (C=O) groups excluding carboxylic acids is 4. The average molecular weight is 416 g/mol. The molecule has 1 saturated heterocycles. The van der Waals surface area contributed by atoms with E-state index in [9.17, 15) is 28.0 Å². The Balaban J connectivity index is 1.71. The van der Waals surface area contributed by atoms with Crippen molar-refractivity contribution in [3.63, 3.8) is 0 Å². The van der Waals surface area contributed by atoms with Crippen LogP contribution >= 0.6 is 0 Å². The highest BCUT2D eigenvalue weighted by Gasteiger charge is 2.50. The predicted molar refractivity (Wildman–Crippen MR) is 103 cm³/mol. The number of carbonyl (C=O) groups is 4. The summed E-state index contributed by atoms with van der Waals surface area (Å²) in [4.78, 5) is 49.0. The molecule has 0 saturated carbocycles. The maximum atomic E-state index is 14.2. The molecule has 5 amide bonds. The number of nitrogens with one attached hydrogen (secondary N) is 3. The molecular formula is C20H18F2N4O4. The van der Waals surface area contributed by atoms with E-state index in [1.807, 2.05) is 0 Å². The van der Waals surface area contributed by atoms with Gasteiger partial charge in [-0.2, -0.15) is 0 Å². The van der Waals surface area contributed by atoms with Crippen molar-refractivity contribution in [1.29, 1.82) is 0 Å². The van der Waals surface area contributed by atoms with Gasteiger partial charge < -0.3 is 16.0 Å². The number of halogens is 2. The predicted octanol–water partition coefficient (Wildman–Crippen LogP) is 2.33. The molecule has 1 atom stereocenters. The summed E-state index contributed by atoms with van der Waals surface area (Å²) in [6, 6.07) is 7.86. The third-order valence-electron chi connectivity index (χ3n) is 4.53. The van der Waals surface area contributed by atoms with E-state index in [1.165, 1.54) is 26.0 Å². The first kappa shape index (κ1) is 20.9. The van der Waals surface area contributed by atoms with E-state index < -0.39 is 41.6 Å². The fourth-order valence-electron chi connectivity index (χ4n) is 3.09. The molecule has 0 radical (unpaired) electrons. The summed E-state index contributed by atoms with van der Waals surface area (Å²) in [6.45, 7) is 1.98. The van der Waals surface area contributed by atoms with Crippen LogP contribution in [0.15, 0.2) is 42.5 Å². The Morgan fingerprint density at radius 3 is 2.23 bits per heavy atom. The molecule has 0 bridgehead atoms. The van der Waals surface area contributed by atoms with E-state index in [0.717, 1.165) is 18.2 Å². The van der Waals surface area contributed by atoms with Crippen molar-refractivity contribution in [2.24, 2.45) is 0 Å². The highest BCUT2D eigenvalue weighted by Crippen LogP contribution is 2.31. The first-order valence-corrected chi connectivity index (χ1v) is 8.87. The molecule has 2 aromatic rings. The summed E-state index contributed by atoms with van der Waals surface area (Å²) in [7, 11) is 0. The SMILES string of the molecule is CC(=O)Nc1ccc(NC(=O)CN2C(=O)NC(C)(c3cc(F)ccc3F)C2=O)cc1. The fourth-order valence-corrected chi connectivity index (χ4v) is 3.09. The average Bonchev–Trinajstić information content (AvgIpc) is 2.89. The van der Waals surface area contributed by atoms with Gasteiger partial charge in [0.2, 0.25) is 11.8 Å². The van der Waals surface area contributed by atoms with Gasteiger partial charge in [0.15, 0.2) is 0 Å². The fraction of sp³-hybridized carbons (Fsp3) is 0.200. The van der Waals surface area contributed by atoms with Gasteiger partial charge in [0.1, 0.15) is 23.7 Å². The number of benzene rings is 2. The van der Waals surface area contributed by atoms with Crippen LogP contribution in [0.4, 0.5) is 25.0 Å². The van der Waals surface area contributed by atoms with E-state index >= 15 is 0 Å². The van der Waals surface area contributed by atoms with Gasteiger partial charge in [0.25, 0.3) is 5.91 Å². The molecule has 1 aliphatic heterocycles. The molecule has 2 aromatic carbocycles. The van der Waals surface area contributed by atoms with E-state index in [-0.39, 0.29) is 11.5 Å². The first-order chi connectivity index (χ1) is 14.1. The molecular weight excluding hydrogens is 398 g/mol. The Kier molecular flexibility index (Phi) is 5.50. The zero-order chi connectivity index (χ0) is 22.1. The van der Waals surface area contributed by atoms with Gasteiger partial charge in [-0.25, -0.2) is 13.6 Å². The second-order valence-electron chi connectivity index (χ2n) is 6.88. The molecule has 1 fully saturated rings. The lowest BCUT2D eigenvalue weighted by Gasteiger charge is -2.22. The van der Waals surface area contributed by atoms with Crippen molar-refractivity contribution in [1.82, 2.24) is 10.2 Å². The Bertz CT molecular complexity index is 1040. The summed E-state index contributed by atoms with van der Waals surface area (Å²) in [5.74, 6) is -3.43. The molecule has 0 aromatic heterocycles. The number of anilines is 2. The molecule has 10 heteroatoms. The second-order valence-corrected chi connectivity index (χ2v) is 6.88. The van der Waals surface area contributed by atoms with Crippen molar-refractivity contribution in [3.8, 4) is 0 Å². The molecule has 30 heavy (non-hydrogen) atoms. The molecule has 1 unspecified atom stereocenters. The highest BCUT2D eigenvalue weighted by atomic mass is 19.1. The lowest BCUT2D eigenvalue weighted by molar-refractivity contribution is -0.133. The molecule has 8 nitrogen and oxygen atoms in total. The van der Waals surface area contributed by atoms with Crippen LogP contribution < -0.4 is 16.0 Å². The third kappa shape index (κ3) is 4.12. The van der Waals surface area contributed by atoms with E-state index in [2.05, 4.69) is 16.0 Å². The highest BCUT2D eigenvalue weighted by molar-refractivity contribution is 6.10. The number of imide groups is 1. The molecule has 156 valence electrons. The van der Waals surface area contributed by atoms with Crippen LogP contribution in [0.5, 0.6) is 0 Å². The Morgan fingerprint density at radius 1 is 1.03 bits per heavy atom. The number of rotatable bonds is 5. The second kappa shape index (κ2) is 7.90. The van der Waals surface area contributed by atoms with E-state index in [0.29, 0.717) is 16.3 Å². The Labute approximate surface area is 170 Å². The standard InChI is InChI=1S/C20H18F2N4O4/c1-11(27)23-13-4-6-14(7-5-13)24-17(28)10-26-18(29)20(2,25-19(26)30)15-9-12(21)3-8-16(15)22/h3-9H,10H2,1-2H3,(H,23,27)(H,24,28)(H,25,30). The van der Waals surface area contributed by atoms with Crippen LogP contribution in [0.3, 0.4) is 0 Å². The largest absolute Gasteiger partial charge is 0.326 e. The minimum absolute atomic E-state index is 0.247. The first-order valence-electron chi connectivity index (χ1n) is 8.87. The van der Waals surface area contributed by atoms with Crippen LogP contribution in [0.25, 0.3) is 0 Å². The number of urea groups is 1. The number of hydrogen-bond acceptors (Lipinski definition) is 4. The molecule has 0 aliphatic carbocycles. The van der Waals surface area contributed by atoms with Crippen molar-refractivity contribution in [3.05, 3.63) is 59.7 Å². The smallest absolute Gasteiger partial charge is 0.325 e. The van der Waals surface area contributed by atoms with Gasteiger partial charge in [-0.3, -0.25) is 19.3 Å². The maximum absolute atomic E-state index is 14.2. The van der Waals surface area contributed by atoms with E-state index in [1.54, 1.807) is 12.1 Å². The summed E-state index contributed by atoms with van der Waals surface area (Å²) in [5, 5.41) is 7.41. The van der Waals surface area contributed by atoms with Gasteiger partial charge in [0, 0.05) is 23.9 Å². The van der Waals surface area contributed by atoms with Crippen LogP contribution in [-0.2, 0) is 19.9 Å². The Morgan fingerprint density at radius 2 is 1.63 bits per heavy atom. The monoisotopic (exact) mass is 416 g/mol. The zero-order valence-corrected chi connectivity index (χ0v) is 16.1. The number of nitrogens with zero attached hydrogens (tertiary/aromatic N) is 1. The molecule has 0 spiro atoms. The van der Waals surface area contributed by atoms with Crippen molar-refractivity contribution in [2.45, 2.75) is 19.4 Å². The number of amides is 5. The van der Waals surface area contributed by atoms with Crippen molar-refractivity contribution >= 4 is 35.1 Å². The number of hydrogen-bond donors (Lipinski definition) is 3. The van der Waals surface area contributed by atoms with Gasteiger partial charge in [-0.15, -0.1) is 0 Å². The summed E-state index contributed by atoms with van der Waals surface area (Å²) in [6.07, 6.45) is 0. The molecule has 1 aliphatic rings. The topological polar surface area (TPSA) is 108 Å². The van der Waals surface area contributed by atoms with Gasteiger partial charge in [-0.1, -0.05) is 0 Å². The van der Waals surface area contributed by atoms with Crippen molar-refractivity contribution in [2.75, 3.05) is 17.2 Å². The normalized spacial score (nSPS) is 18.2. The molecule has 1 heterocycles. The lowest BCUT2D eigenvalue weighted by Crippen LogP contribution is -2.42. The van der Waals surface area contributed by atoms with Crippen LogP contribution in [0.1, 0.15) is 19.4 Å². The summed E-state index contributed by atoms with van der Waals surface area (Å²) >= 11 is 0. The van der Waals surface area contributed by atoms with Crippen LogP contribution in [-0.4, -0.2) is 35.2 Å². The van der Waals surface area contributed by atoms with Gasteiger partial charge >= 0.3 is 6.03 Å². The summed E-state index contributed by atoms with van der Waals surface area (Å²) < 4.78 is 27.7. The quantitative estimate of drug-likeness (QED) is 0.650. The molecule has 3 rings (SSSR count). The Hall–Kier alpha value is -3.82. The van der Waals surface area contributed by atoms with Crippen LogP contribution in [0, 0.1) is 11.6 Å². The van der Waals surface area contributed by atoms with E-state index in [4.69, 9.17) is 0 Å². The maximum Gasteiger partial charge on any atom is 0.325 e. The zero-order valence-electron chi connectivity index (χ0n) is 16.1. The van der Waals surface area contributed by atoms with Crippen LogP contribution in [0.2, 0.25) is 0 Å². The molecule has 3 N–H and O–H groups in total. The van der Waals surface area contributed by atoms with Gasteiger partial charge in [-0.05, 0) is 49.4 Å². The lowest BCUT2D eigenvalue weighted by atomic mass is 9.91. The minimum Gasteiger partial charge on any atom is -0.326 e. The summed E-state index contributed by atoms with van der Waals surface area (Å²) in [5.41, 5.74) is -1.27.